The molecule has 0 saturated carbocycles. The zero-order chi connectivity index (χ0) is 17.4. The van der Waals surface area contributed by atoms with Crippen LogP contribution in [0, 0.1) is 5.92 Å². The number of rotatable bonds is 4. The first-order chi connectivity index (χ1) is 10.6. The highest BCUT2D eigenvalue weighted by Gasteiger charge is 2.35. The lowest BCUT2D eigenvalue weighted by Crippen LogP contribution is -2.36. The monoisotopic (exact) mass is 339 g/mol. The summed E-state index contributed by atoms with van der Waals surface area (Å²) in [5.74, 6) is -0.448. The third-order valence-corrected chi connectivity index (χ3v) is 5.24. The van der Waals surface area contributed by atoms with Crippen LogP contribution in [0.15, 0.2) is 29.2 Å². The van der Waals surface area contributed by atoms with Crippen molar-refractivity contribution < 1.29 is 18.0 Å². The minimum atomic E-state index is -3.73. The third-order valence-electron chi connectivity index (χ3n) is 4.31. The van der Waals surface area contributed by atoms with Gasteiger partial charge in [0.25, 0.3) is 0 Å². The Balaban J connectivity index is 2.11. The van der Waals surface area contributed by atoms with E-state index in [0.29, 0.717) is 6.54 Å². The van der Waals surface area contributed by atoms with Gasteiger partial charge in [-0.1, -0.05) is 12.1 Å². The number of carbonyl (C=O) groups excluding carboxylic acids is 2. The van der Waals surface area contributed by atoms with Gasteiger partial charge in [0.1, 0.15) is 0 Å². The zero-order valence-electron chi connectivity index (χ0n) is 13.4. The van der Waals surface area contributed by atoms with Crippen molar-refractivity contribution in [1.29, 1.82) is 0 Å². The Bertz CT molecular complexity index is 715. The normalized spacial score (nSPS) is 19.7. The molecule has 126 valence electrons. The lowest BCUT2D eigenvalue weighted by molar-refractivity contribution is -0.136. The molecular formula is C15H21N3O4S. The van der Waals surface area contributed by atoms with Gasteiger partial charge in [0.05, 0.1) is 16.9 Å². The van der Waals surface area contributed by atoms with Crippen LogP contribution in [0.2, 0.25) is 0 Å². The van der Waals surface area contributed by atoms with Gasteiger partial charge in [0, 0.05) is 27.1 Å². The fourth-order valence-electron chi connectivity index (χ4n) is 2.67. The van der Waals surface area contributed by atoms with Crippen molar-refractivity contribution >= 4 is 21.8 Å². The van der Waals surface area contributed by atoms with Crippen LogP contribution in [-0.4, -0.2) is 50.7 Å². The third kappa shape index (κ3) is 3.70. The maximum atomic E-state index is 12.5. The molecule has 23 heavy (non-hydrogen) atoms. The van der Waals surface area contributed by atoms with E-state index in [9.17, 15) is 18.0 Å². The highest BCUT2D eigenvalue weighted by molar-refractivity contribution is 7.89. The highest BCUT2D eigenvalue weighted by atomic mass is 32.2. The summed E-state index contributed by atoms with van der Waals surface area (Å²) < 4.78 is 22.5. The molecule has 2 atom stereocenters. The van der Waals surface area contributed by atoms with E-state index in [2.05, 4.69) is 0 Å². The second kappa shape index (κ2) is 6.29. The maximum Gasteiger partial charge on any atom is 0.238 e. The first kappa shape index (κ1) is 17.4. The van der Waals surface area contributed by atoms with Crippen molar-refractivity contribution in [2.24, 2.45) is 11.1 Å². The van der Waals surface area contributed by atoms with Crippen LogP contribution >= 0.6 is 0 Å². The Morgan fingerprint density at radius 1 is 1.35 bits per heavy atom. The van der Waals surface area contributed by atoms with Crippen molar-refractivity contribution in [2.75, 3.05) is 20.6 Å². The summed E-state index contributed by atoms with van der Waals surface area (Å²) in [6.07, 6.45) is 0.233. The lowest BCUT2D eigenvalue weighted by atomic mass is 10.0. The summed E-state index contributed by atoms with van der Waals surface area (Å²) in [6.45, 7) is 2.28. The molecule has 1 saturated heterocycles. The molecule has 7 nitrogen and oxygen atoms in total. The van der Waals surface area contributed by atoms with E-state index in [1.54, 1.807) is 36.0 Å². The number of carbonyl (C=O) groups is 2. The standard InChI is InChI=1S/C15H21N3O4S/c1-10(11-4-6-13(7-5-11)23(16,21)22)18(3)15(20)12-8-14(19)17(2)9-12/h4-7,10,12H,8-9H2,1-3H3,(H2,16,21,22)/t10-,12-/m1/s1. The molecule has 2 amide bonds. The molecule has 0 aromatic heterocycles. The Morgan fingerprint density at radius 2 is 1.91 bits per heavy atom. The fraction of sp³-hybridized carbons (Fsp3) is 0.467. The second-order valence-corrected chi connectivity index (χ2v) is 7.48. The van der Waals surface area contributed by atoms with Crippen LogP contribution in [0.3, 0.4) is 0 Å². The molecule has 1 aliphatic heterocycles. The number of amides is 2. The van der Waals surface area contributed by atoms with Gasteiger partial charge >= 0.3 is 0 Å². The van der Waals surface area contributed by atoms with Crippen LogP contribution in [0.25, 0.3) is 0 Å². The van der Waals surface area contributed by atoms with Crippen LogP contribution in [0.5, 0.6) is 0 Å². The van der Waals surface area contributed by atoms with Crippen molar-refractivity contribution in [3.05, 3.63) is 29.8 Å². The molecule has 1 aromatic rings. The summed E-state index contributed by atoms with van der Waals surface area (Å²) in [7, 11) is -0.361. The first-order valence-electron chi connectivity index (χ1n) is 7.24. The van der Waals surface area contributed by atoms with Gasteiger partial charge in [-0.05, 0) is 24.6 Å². The topological polar surface area (TPSA) is 101 Å². The molecule has 2 rings (SSSR count). The summed E-state index contributed by atoms with van der Waals surface area (Å²) in [4.78, 5) is 27.3. The lowest BCUT2D eigenvalue weighted by Gasteiger charge is -2.27. The van der Waals surface area contributed by atoms with E-state index in [-0.39, 0.29) is 35.1 Å². The highest BCUT2D eigenvalue weighted by Crippen LogP contribution is 2.25. The van der Waals surface area contributed by atoms with Crippen LogP contribution < -0.4 is 5.14 Å². The van der Waals surface area contributed by atoms with Crippen LogP contribution in [-0.2, 0) is 19.6 Å². The average Bonchev–Trinajstić information content (AvgIpc) is 2.83. The molecular weight excluding hydrogens is 318 g/mol. The van der Waals surface area contributed by atoms with E-state index in [1.165, 1.54) is 12.1 Å². The minimum absolute atomic E-state index is 0.0260. The molecule has 1 fully saturated rings. The first-order valence-corrected chi connectivity index (χ1v) is 8.79. The van der Waals surface area contributed by atoms with E-state index in [0.717, 1.165) is 5.56 Å². The molecule has 0 unspecified atom stereocenters. The number of benzene rings is 1. The molecule has 1 aromatic carbocycles. The minimum Gasteiger partial charge on any atom is -0.345 e. The summed E-state index contributed by atoms with van der Waals surface area (Å²) in [5, 5.41) is 5.07. The number of primary sulfonamides is 1. The number of hydrogen-bond acceptors (Lipinski definition) is 4. The largest absolute Gasteiger partial charge is 0.345 e. The Labute approximate surface area is 136 Å². The molecule has 0 radical (unpaired) electrons. The molecule has 1 aliphatic rings. The number of likely N-dealkylation sites (tertiary alicyclic amines) is 1. The van der Waals surface area contributed by atoms with Crippen molar-refractivity contribution in [3.63, 3.8) is 0 Å². The van der Waals surface area contributed by atoms with Gasteiger partial charge in [0.2, 0.25) is 21.8 Å². The number of nitrogens with two attached hydrogens (primary N) is 1. The van der Waals surface area contributed by atoms with E-state index in [1.807, 2.05) is 6.92 Å². The Hall–Kier alpha value is -1.93. The fourth-order valence-corrected chi connectivity index (χ4v) is 3.18. The number of sulfonamides is 1. The van der Waals surface area contributed by atoms with Crippen LogP contribution in [0.1, 0.15) is 24.9 Å². The van der Waals surface area contributed by atoms with Crippen molar-refractivity contribution in [3.8, 4) is 0 Å². The summed E-state index contributed by atoms with van der Waals surface area (Å²) >= 11 is 0. The smallest absolute Gasteiger partial charge is 0.238 e. The molecule has 0 aliphatic carbocycles. The van der Waals surface area contributed by atoms with Gasteiger partial charge in [-0.25, -0.2) is 13.6 Å². The zero-order valence-corrected chi connectivity index (χ0v) is 14.2. The van der Waals surface area contributed by atoms with E-state index in [4.69, 9.17) is 5.14 Å². The Kier molecular flexibility index (Phi) is 4.76. The molecule has 0 spiro atoms. The SMILES string of the molecule is C[C@H](c1ccc(S(N)(=O)=O)cc1)N(C)C(=O)[C@@H]1CC(=O)N(C)C1. The summed E-state index contributed by atoms with van der Waals surface area (Å²) in [6, 6.07) is 5.89. The van der Waals surface area contributed by atoms with Gasteiger partial charge in [-0.15, -0.1) is 0 Å². The van der Waals surface area contributed by atoms with Crippen molar-refractivity contribution in [1.82, 2.24) is 9.80 Å². The second-order valence-electron chi connectivity index (χ2n) is 5.91. The maximum absolute atomic E-state index is 12.5. The van der Waals surface area contributed by atoms with Gasteiger partial charge in [0.15, 0.2) is 0 Å². The summed E-state index contributed by atoms with van der Waals surface area (Å²) in [5.41, 5.74) is 0.797. The number of hydrogen-bond donors (Lipinski definition) is 1. The molecule has 2 N–H and O–H groups in total. The van der Waals surface area contributed by atoms with Gasteiger partial charge in [-0.3, -0.25) is 9.59 Å². The quantitative estimate of drug-likeness (QED) is 0.854. The van der Waals surface area contributed by atoms with Gasteiger partial charge in [-0.2, -0.15) is 0 Å². The molecule has 8 heteroatoms. The number of nitrogens with zero attached hydrogens (tertiary/aromatic N) is 2. The Morgan fingerprint density at radius 3 is 2.35 bits per heavy atom. The average molecular weight is 339 g/mol. The predicted octanol–water partition coefficient (Wildman–Crippen LogP) is 0.332. The molecule has 0 bridgehead atoms. The van der Waals surface area contributed by atoms with Crippen LogP contribution in [0.4, 0.5) is 0 Å². The predicted molar refractivity (Wildman–Crippen MR) is 84.7 cm³/mol. The van der Waals surface area contributed by atoms with Gasteiger partial charge < -0.3 is 9.80 Å². The molecule has 1 heterocycles. The van der Waals surface area contributed by atoms with E-state index < -0.39 is 10.0 Å². The van der Waals surface area contributed by atoms with Crippen molar-refractivity contribution in [2.45, 2.75) is 24.3 Å². The van der Waals surface area contributed by atoms with E-state index >= 15 is 0 Å².